The Labute approximate surface area is 179 Å². The van der Waals surface area contributed by atoms with Crippen molar-refractivity contribution < 1.29 is 9.59 Å². The third kappa shape index (κ3) is 5.92. The number of likely N-dealkylation sites (tertiary alicyclic amines) is 1. The van der Waals surface area contributed by atoms with Gasteiger partial charge in [-0.05, 0) is 62.2 Å². The van der Waals surface area contributed by atoms with Crippen LogP contribution < -0.4 is 5.73 Å². The average molecular weight is 408 g/mol. The molecule has 1 amide bonds. The fraction of sp³-hybridized carbons (Fsp3) is 0.440. The molecule has 160 valence electrons. The third-order valence-corrected chi connectivity index (χ3v) is 5.76. The maximum Gasteiger partial charge on any atom is 0.223 e. The lowest BCUT2D eigenvalue weighted by molar-refractivity contribution is -0.134. The standard InChI is InChI=1S/C25H33N3O2/c1-27(2)18-20-6-3-4-7-23(20)24-8-5-17-28(24)25(30)16-15-22(29)14-11-19-9-12-21(26)13-10-19/h3-4,6-7,9-10,12-13,24H,5,8,11,14-18,26H2,1-2H3. The van der Waals surface area contributed by atoms with Gasteiger partial charge in [-0.25, -0.2) is 0 Å². The van der Waals surface area contributed by atoms with Gasteiger partial charge in [0, 0.05) is 38.0 Å². The summed E-state index contributed by atoms with van der Waals surface area (Å²) in [5, 5.41) is 0. The SMILES string of the molecule is CN(C)Cc1ccccc1C1CCCN1C(=O)CCC(=O)CCc1ccc(N)cc1. The molecule has 2 aromatic carbocycles. The van der Waals surface area contributed by atoms with E-state index in [9.17, 15) is 9.59 Å². The number of ketones is 1. The second-order valence-corrected chi connectivity index (χ2v) is 8.46. The number of rotatable bonds is 9. The van der Waals surface area contributed by atoms with E-state index in [0.717, 1.165) is 37.2 Å². The monoisotopic (exact) mass is 407 g/mol. The number of hydrogen-bond donors (Lipinski definition) is 1. The molecule has 1 fully saturated rings. The molecule has 1 unspecified atom stereocenters. The van der Waals surface area contributed by atoms with E-state index in [1.807, 2.05) is 29.2 Å². The van der Waals surface area contributed by atoms with Gasteiger partial charge in [0.15, 0.2) is 0 Å². The number of aryl methyl sites for hydroxylation is 1. The van der Waals surface area contributed by atoms with Gasteiger partial charge in [0.1, 0.15) is 5.78 Å². The number of nitrogen functional groups attached to an aromatic ring is 1. The van der Waals surface area contributed by atoms with E-state index in [1.165, 1.54) is 11.1 Å². The molecule has 2 N–H and O–H groups in total. The average Bonchev–Trinajstić information content (AvgIpc) is 3.21. The summed E-state index contributed by atoms with van der Waals surface area (Å²) in [5.41, 5.74) is 10.0. The molecule has 1 atom stereocenters. The van der Waals surface area contributed by atoms with E-state index in [4.69, 9.17) is 5.73 Å². The van der Waals surface area contributed by atoms with Crippen molar-refractivity contribution in [3.63, 3.8) is 0 Å². The van der Waals surface area contributed by atoms with Gasteiger partial charge in [0.05, 0.1) is 6.04 Å². The van der Waals surface area contributed by atoms with Crippen LogP contribution in [0.4, 0.5) is 5.69 Å². The van der Waals surface area contributed by atoms with Gasteiger partial charge in [0.25, 0.3) is 0 Å². The van der Waals surface area contributed by atoms with Crippen LogP contribution in [0.3, 0.4) is 0 Å². The second kappa shape index (κ2) is 10.4. The molecule has 3 rings (SSSR count). The van der Waals surface area contributed by atoms with E-state index in [1.54, 1.807) is 0 Å². The van der Waals surface area contributed by atoms with Crippen LogP contribution in [0.1, 0.15) is 54.8 Å². The van der Waals surface area contributed by atoms with Crippen LogP contribution in [0.25, 0.3) is 0 Å². The molecule has 0 saturated carbocycles. The highest BCUT2D eigenvalue weighted by Crippen LogP contribution is 2.34. The van der Waals surface area contributed by atoms with Gasteiger partial charge in [-0.2, -0.15) is 0 Å². The summed E-state index contributed by atoms with van der Waals surface area (Å²) in [6.07, 6.45) is 3.77. The molecule has 0 spiro atoms. The van der Waals surface area contributed by atoms with E-state index >= 15 is 0 Å². The first-order chi connectivity index (χ1) is 14.4. The minimum Gasteiger partial charge on any atom is -0.399 e. The summed E-state index contributed by atoms with van der Waals surface area (Å²) in [6.45, 7) is 1.64. The topological polar surface area (TPSA) is 66.6 Å². The fourth-order valence-corrected chi connectivity index (χ4v) is 4.22. The summed E-state index contributed by atoms with van der Waals surface area (Å²) >= 11 is 0. The molecule has 0 bridgehead atoms. The third-order valence-electron chi connectivity index (χ3n) is 5.76. The minimum absolute atomic E-state index is 0.0954. The highest BCUT2D eigenvalue weighted by molar-refractivity contribution is 5.85. The molecule has 0 radical (unpaired) electrons. The van der Waals surface area contributed by atoms with Crippen molar-refractivity contribution in [1.82, 2.24) is 9.80 Å². The Morgan fingerprint density at radius 2 is 1.77 bits per heavy atom. The molecule has 0 aromatic heterocycles. The van der Waals surface area contributed by atoms with Gasteiger partial charge < -0.3 is 15.5 Å². The van der Waals surface area contributed by atoms with Crippen LogP contribution in [0.2, 0.25) is 0 Å². The lowest BCUT2D eigenvalue weighted by atomic mass is 9.97. The number of Topliss-reactive ketones (excluding diaryl/α,β-unsaturated/α-hetero) is 1. The van der Waals surface area contributed by atoms with Gasteiger partial charge in [-0.15, -0.1) is 0 Å². The van der Waals surface area contributed by atoms with Crippen molar-refractivity contribution >= 4 is 17.4 Å². The molecular weight excluding hydrogens is 374 g/mol. The molecule has 1 heterocycles. The Hall–Kier alpha value is -2.66. The van der Waals surface area contributed by atoms with Crippen LogP contribution >= 0.6 is 0 Å². The molecule has 1 aliphatic heterocycles. The first-order valence-corrected chi connectivity index (χ1v) is 10.8. The van der Waals surface area contributed by atoms with Crippen LogP contribution in [0, 0.1) is 0 Å². The molecule has 0 aliphatic carbocycles. The van der Waals surface area contributed by atoms with E-state index in [-0.39, 0.29) is 17.7 Å². The van der Waals surface area contributed by atoms with E-state index in [0.29, 0.717) is 25.7 Å². The predicted molar refractivity (Wildman–Crippen MR) is 121 cm³/mol. The summed E-state index contributed by atoms with van der Waals surface area (Å²) in [5.74, 6) is 0.238. The van der Waals surface area contributed by atoms with E-state index < -0.39 is 0 Å². The maximum atomic E-state index is 12.9. The Morgan fingerprint density at radius 1 is 1.03 bits per heavy atom. The zero-order valence-corrected chi connectivity index (χ0v) is 18.1. The normalized spacial score (nSPS) is 16.2. The lowest BCUT2D eigenvalue weighted by Gasteiger charge is -2.27. The Balaban J connectivity index is 1.54. The Morgan fingerprint density at radius 3 is 2.50 bits per heavy atom. The predicted octanol–water partition coefficient (Wildman–Crippen LogP) is 3.98. The fourth-order valence-electron chi connectivity index (χ4n) is 4.22. The molecule has 1 aliphatic rings. The largest absolute Gasteiger partial charge is 0.399 e. The minimum atomic E-state index is 0.0954. The van der Waals surface area contributed by atoms with Crippen molar-refractivity contribution in [2.75, 3.05) is 26.4 Å². The van der Waals surface area contributed by atoms with Crippen LogP contribution in [0.15, 0.2) is 48.5 Å². The number of benzene rings is 2. The molecule has 2 aromatic rings. The molecule has 5 nitrogen and oxygen atoms in total. The van der Waals surface area contributed by atoms with Crippen molar-refractivity contribution in [1.29, 1.82) is 0 Å². The number of hydrogen-bond acceptors (Lipinski definition) is 4. The lowest BCUT2D eigenvalue weighted by Crippen LogP contribution is -2.31. The first kappa shape index (κ1) is 22.0. The van der Waals surface area contributed by atoms with Gasteiger partial charge in [0.2, 0.25) is 5.91 Å². The van der Waals surface area contributed by atoms with Gasteiger partial charge in [-0.3, -0.25) is 9.59 Å². The number of nitrogens with zero attached hydrogens (tertiary/aromatic N) is 2. The van der Waals surface area contributed by atoms with Crippen molar-refractivity contribution in [2.24, 2.45) is 0 Å². The summed E-state index contributed by atoms with van der Waals surface area (Å²) in [7, 11) is 4.12. The quantitative estimate of drug-likeness (QED) is 0.639. The number of amides is 1. The highest BCUT2D eigenvalue weighted by atomic mass is 16.2. The number of carbonyl (C=O) groups is 2. The maximum absolute atomic E-state index is 12.9. The molecular formula is C25H33N3O2. The molecule has 30 heavy (non-hydrogen) atoms. The number of nitrogens with two attached hydrogens (primary N) is 1. The van der Waals surface area contributed by atoms with Crippen LogP contribution in [-0.2, 0) is 22.6 Å². The van der Waals surface area contributed by atoms with Crippen molar-refractivity contribution in [3.8, 4) is 0 Å². The highest BCUT2D eigenvalue weighted by Gasteiger charge is 2.31. The number of carbonyl (C=O) groups excluding carboxylic acids is 2. The van der Waals surface area contributed by atoms with Gasteiger partial charge in [-0.1, -0.05) is 36.4 Å². The zero-order chi connectivity index (χ0) is 21.5. The van der Waals surface area contributed by atoms with Crippen molar-refractivity contribution in [2.45, 2.75) is 51.1 Å². The van der Waals surface area contributed by atoms with Crippen LogP contribution in [-0.4, -0.2) is 42.1 Å². The second-order valence-electron chi connectivity index (χ2n) is 8.46. The number of anilines is 1. The van der Waals surface area contributed by atoms with Crippen molar-refractivity contribution in [3.05, 3.63) is 65.2 Å². The first-order valence-electron chi connectivity index (χ1n) is 10.8. The summed E-state index contributed by atoms with van der Waals surface area (Å²) in [6, 6.07) is 16.1. The summed E-state index contributed by atoms with van der Waals surface area (Å²) in [4.78, 5) is 29.4. The zero-order valence-electron chi connectivity index (χ0n) is 18.1. The summed E-state index contributed by atoms with van der Waals surface area (Å²) < 4.78 is 0. The molecule has 5 heteroatoms. The van der Waals surface area contributed by atoms with Gasteiger partial charge >= 0.3 is 0 Å². The smallest absolute Gasteiger partial charge is 0.223 e. The Bertz CT molecular complexity index is 861. The Kier molecular flexibility index (Phi) is 7.63. The molecule has 1 saturated heterocycles. The van der Waals surface area contributed by atoms with E-state index in [2.05, 4.69) is 43.3 Å². The van der Waals surface area contributed by atoms with Crippen LogP contribution in [0.5, 0.6) is 0 Å².